The number of hydrogen-bond donors (Lipinski definition) is 2. The van der Waals surface area contributed by atoms with Crippen LogP contribution in [-0.2, 0) is 19.3 Å². The van der Waals surface area contributed by atoms with Crippen molar-refractivity contribution in [3.05, 3.63) is 101 Å². The lowest BCUT2D eigenvalue weighted by Gasteiger charge is -2.32. The van der Waals surface area contributed by atoms with E-state index < -0.39 is 11.7 Å². The van der Waals surface area contributed by atoms with Crippen molar-refractivity contribution >= 4 is 0 Å². The number of hydrogen-bond acceptors (Lipinski definition) is 3. The number of benzene rings is 3. The summed E-state index contributed by atoms with van der Waals surface area (Å²) in [5, 5.41) is 3.72. The zero-order valence-corrected chi connectivity index (χ0v) is 20.9. The van der Waals surface area contributed by atoms with Gasteiger partial charge in [0, 0.05) is 43.5 Å². The summed E-state index contributed by atoms with van der Waals surface area (Å²) in [6, 6.07) is 24.7. The van der Waals surface area contributed by atoms with E-state index in [-0.39, 0.29) is 0 Å². The molecule has 192 valence electrons. The van der Waals surface area contributed by atoms with Crippen LogP contribution in [0.4, 0.5) is 13.2 Å². The van der Waals surface area contributed by atoms with E-state index in [1.165, 1.54) is 28.8 Å². The minimum atomic E-state index is -4.34. The predicted molar refractivity (Wildman–Crippen MR) is 141 cm³/mol. The fraction of sp³-hybridized carbons (Fsp3) is 0.300. The average molecular weight is 505 g/mol. The summed E-state index contributed by atoms with van der Waals surface area (Å²) in [6.45, 7) is 5.50. The highest BCUT2D eigenvalue weighted by molar-refractivity contribution is 5.64. The van der Waals surface area contributed by atoms with Gasteiger partial charge in [-0.3, -0.25) is 4.90 Å². The van der Waals surface area contributed by atoms with Gasteiger partial charge in [0.1, 0.15) is 5.82 Å². The summed E-state index contributed by atoms with van der Waals surface area (Å²) < 4.78 is 38.6. The Morgan fingerprint density at radius 3 is 2.30 bits per heavy atom. The number of nitrogens with one attached hydrogen (secondary N) is 2. The Hall–Kier alpha value is -3.42. The molecule has 0 amide bonds. The van der Waals surface area contributed by atoms with Crippen LogP contribution < -0.4 is 5.32 Å². The third-order valence-electron chi connectivity index (χ3n) is 7.06. The number of aromatic nitrogens is 2. The van der Waals surface area contributed by atoms with Crippen molar-refractivity contribution in [2.45, 2.75) is 45.1 Å². The largest absolute Gasteiger partial charge is 0.416 e. The van der Waals surface area contributed by atoms with Crippen LogP contribution in [0.15, 0.2) is 78.9 Å². The minimum absolute atomic E-state index is 0.472. The van der Waals surface area contributed by atoms with Gasteiger partial charge in [-0.25, -0.2) is 4.98 Å². The van der Waals surface area contributed by atoms with Crippen LogP contribution in [0.25, 0.3) is 22.5 Å². The molecule has 2 heterocycles. The Labute approximate surface area is 215 Å². The summed E-state index contributed by atoms with van der Waals surface area (Å²) in [4.78, 5) is 10.3. The average Bonchev–Trinajstić information content (AvgIpc) is 3.28. The van der Waals surface area contributed by atoms with Crippen LogP contribution in [-0.4, -0.2) is 34.0 Å². The molecule has 0 radical (unpaired) electrons. The van der Waals surface area contributed by atoms with Crippen LogP contribution in [0, 0.1) is 6.92 Å². The number of nitrogens with zero attached hydrogens (tertiary/aromatic N) is 2. The maximum atomic E-state index is 12.9. The zero-order valence-electron chi connectivity index (χ0n) is 20.9. The summed E-state index contributed by atoms with van der Waals surface area (Å²) in [5.41, 5.74) is 5.65. The van der Waals surface area contributed by atoms with E-state index in [1.807, 2.05) is 13.0 Å². The quantitative estimate of drug-likeness (QED) is 0.290. The second kappa shape index (κ2) is 10.9. The molecule has 1 aromatic heterocycles. The number of halogens is 3. The molecule has 4 aromatic rings. The van der Waals surface area contributed by atoms with Crippen molar-refractivity contribution < 1.29 is 13.2 Å². The molecule has 1 saturated heterocycles. The first-order valence-electron chi connectivity index (χ1n) is 12.7. The first-order chi connectivity index (χ1) is 17.8. The predicted octanol–water partition coefficient (Wildman–Crippen LogP) is 6.83. The van der Waals surface area contributed by atoms with Crippen LogP contribution in [0.1, 0.15) is 35.4 Å². The molecule has 2 N–H and O–H groups in total. The molecule has 37 heavy (non-hydrogen) atoms. The summed E-state index contributed by atoms with van der Waals surface area (Å²) in [7, 11) is 0. The van der Waals surface area contributed by atoms with Crippen molar-refractivity contribution in [3.8, 4) is 22.5 Å². The van der Waals surface area contributed by atoms with E-state index in [4.69, 9.17) is 4.98 Å². The highest BCUT2D eigenvalue weighted by atomic mass is 19.4. The van der Waals surface area contributed by atoms with Crippen molar-refractivity contribution in [3.63, 3.8) is 0 Å². The van der Waals surface area contributed by atoms with Gasteiger partial charge in [-0.2, -0.15) is 13.2 Å². The molecule has 0 unspecified atom stereocenters. The fourth-order valence-corrected chi connectivity index (χ4v) is 4.86. The summed E-state index contributed by atoms with van der Waals surface area (Å²) in [6.07, 6.45) is -2.21. The molecule has 1 aliphatic heterocycles. The van der Waals surface area contributed by atoms with Gasteiger partial charge in [-0.15, -0.1) is 0 Å². The van der Waals surface area contributed by atoms with Gasteiger partial charge in [0.25, 0.3) is 0 Å². The van der Waals surface area contributed by atoms with E-state index in [2.05, 4.69) is 63.7 Å². The van der Waals surface area contributed by atoms with Crippen molar-refractivity contribution in [1.82, 2.24) is 20.2 Å². The van der Waals surface area contributed by atoms with Crippen LogP contribution >= 0.6 is 0 Å². The lowest BCUT2D eigenvalue weighted by molar-refractivity contribution is -0.137. The Morgan fingerprint density at radius 2 is 1.59 bits per heavy atom. The van der Waals surface area contributed by atoms with Gasteiger partial charge in [-0.1, -0.05) is 60.7 Å². The Kier molecular flexibility index (Phi) is 7.44. The van der Waals surface area contributed by atoms with E-state index >= 15 is 0 Å². The van der Waals surface area contributed by atoms with E-state index in [0.29, 0.717) is 17.4 Å². The van der Waals surface area contributed by atoms with Crippen LogP contribution in [0.2, 0.25) is 0 Å². The molecule has 1 fully saturated rings. The lowest BCUT2D eigenvalue weighted by Crippen LogP contribution is -2.42. The van der Waals surface area contributed by atoms with E-state index in [9.17, 15) is 13.2 Å². The number of alkyl halides is 3. The maximum Gasteiger partial charge on any atom is 0.416 e. The normalized spacial score (nSPS) is 15.2. The maximum absolute atomic E-state index is 12.9. The molecule has 1 aliphatic rings. The third-order valence-corrected chi connectivity index (χ3v) is 7.06. The standard InChI is InChI=1S/C30H31F3N4/c1-21-28(36-29(35-21)24-10-12-26(13-11-24)30(31,32)33)20-37-16-14-27(15-17-37)34-19-22-6-5-9-25(18-22)23-7-3-2-4-8-23/h2-13,18,27,34H,14-17,19-20H2,1H3,(H,35,36). The summed E-state index contributed by atoms with van der Waals surface area (Å²) >= 11 is 0. The first-order valence-corrected chi connectivity index (χ1v) is 12.7. The number of aromatic amines is 1. The molecule has 7 heteroatoms. The molecule has 3 aromatic carbocycles. The monoisotopic (exact) mass is 504 g/mol. The highest BCUT2D eigenvalue weighted by Crippen LogP contribution is 2.31. The van der Waals surface area contributed by atoms with Crippen LogP contribution in [0.5, 0.6) is 0 Å². The molecule has 0 saturated carbocycles. The molecule has 0 atom stereocenters. The van der Waals surface area contributed by atoms with Gasteiger partial charge in [-0.05, 0) is 54.7 Å². The van der Waals surface area contributed by atoms with Crippen molar-refractivity contribution in [2.75, 3.05) is 13.1 Å². The molecule has 0 bridgehead atoms. The smallest absolute Gasteiger partial charge is 0.342 e. The number of piperidine rings is 1. The Balaban J connectivity index is 1.13. The third kappa shape index (κ3) is 6.29. The first kappa shape index (κ1) is 25.2. The topological polar surface area (TPSA) is 44.0 Å². The van der Waals surface area contributed by atoms with Gasteiger partial charge in [0.15, 0.2) is 0 Å². The number of likely N-dealkylation sites (tertiary alicyclic amines) is 1. The van der Waals surface area contributed by atoms with Crippen molar-refractivity contribution in [1.29, 1.82) is 0 Å². The molecular weight excluding hydrogens is 473 g/mol. The SMILES string of the molecule is Cc1[nH]c(-c2ccc(C(F)(F)F)cc2)nc1CN1CCC(NCc2cccc(-c3ccccc3)c2)CC1. The highest BCUT2D eigenvalue weighted by Gasteiger charge is 2.30. The second-order valence-electron chi connectivity index (χ2n) is 9.73. The lowest BCUT2D eigenvalue weighted by atomic mass is 10.0. The molecule has 5 rings (SSSR count). The number of H-pyrrole nitrogens is 1. The Bertz CT molecular complexity index is 1300. The number of rotatable bonds is 7. The molecular formula is C30H31F3N4. The summed E-state index contributed by atoms with van der Waals surface area (Å²) in [5.74, 6) is 0.607. The molecule has 4 nitrogen and oxygen atoms in total. The van der Waals surface area contributed by atoms with Gasteiger partial charge in [0.2, 0.25) is 0 Å². The second-order valence-corrected chi connectivity index (χ2v) is 9.73. The number of imidazole rings is 1. The van der Waals surface area contributed by atoms with Gasteiger partial charge in [0.05, 0.1) is 11.3 Å². The molecule has 0 aliphatic carbocycles. The van der Waals surface area contributed by atoms with Crippen LogP contribution in [0.3, 0.4) is 0 Å². The zero-order chi connectivity index (χ0) is 25.8. The molecule has 0 spiro atoms. The number of aryl methyl sites for hydroxylation is 1. The van der Waals surface area contributed by atoms with Gasteiger partial charge < -0.3 is 10.3 Å². The van der Waals surface area contributed by atoms with E-state index in [1.54, 1.807) is 0 Å². The van der Waals surface area contributed by atoms with Gasteiger partial charge >= 0.3 is 6.18 Å². The fourth-order valence-electron chi connectivity index (χ4n) is 4.86. The minimum Gasteiger partial charge on any atom is -0.342 e. The Morgan fingerprint density at radius 1 is 0.892 bits per heavy atom. The van der Waals surface area contributed by atoms with E-state index in [0.717, 1.165) is 62.5 Å². The van der Waals surface area contributed by atoms with Crippen molar-refractivity contribution in [2.24, 2.45) is 0 Å².